The first-order valence-electron chi connectivity index (χ1n) is 10.1. The van der Waals surface area contributed by atoms with E-state index in [1.807, 2.05) is 37.3 Å². The monoisotopic (exact) mass is 401 g/mol. The van der Waals surface area contributed by atoms with Gasteiger partial charge >= 0.3 is 0 Å². The summed E-state index contributed by atoms with van der Waals surface area (Å²) in [6.07, 6.45) is 2.07. The van der Waals surface area contributed by atoms with E-state index in [0.29, 0.717) is 55.8 Å². The Morgan fingerprint density at radius 1 is 0.931 bits per heavy atom. The molecule has 0 aromatic heterocycles. The molecule has 6 heteroatoms. The van der Waals surface area contributed by atoms with Crippen LogP contribution in [0.15, 0.2) is 42.5 Å². The van der Waals surface area contributed by atoms with Gasteiger partial charge in [0.15, 0.2) is 11.5 Å². The first-order chi connectivity index (χ1) is 14.2. The maximum absolute atomic E-state index is 12.6. The quantitative estimate of drug-likeness (QED) is 0.509. The van der Waals surface area contributed by atoms with Crippen molar-refractivity contribution in [1.82, 2.24) is 5.32 Å². The number of hydrogen-bond acceptors (Lipinski definition) is 5. The van der Waals surface area contributed by atoms with E-state index in [4.69, 9.17) is 18.9 Å². The topological polar surface area (TPSA) is 66.0 Å². The number of ether oxygens (including phenoxy) is 4. The summed E-state index contributed by atoms with van der Waals surface area (Å²) in [4.78, 5) is 12.6. The standard InChI is InChI=1S/C23H31NO5/c1-4-6-13-28-21-12-11-18(16-22(21)26-3)17-24-23(25)19-9-7-8-10-20(19)29-15-14-27-5-2/h7-12,16H,4-6,13-15,17H2,1-3H3,(H,24,25). The van der Waals surface area contributed by atoms with Crippen molar-refractivity contribution in [2.45, 2.75) is 33.2 Å². The minimum absolute atomic E-state index is 0.195. The fourth-order valence-corrected chi connectivity index (χ4v) is 2.68. The number of nitrogens with one attached hydrogen (secondary N) is 1. The molecule has 0 radical (unpaired) electrons. The van der Waals surface area contributed by atoms with Crippen LogP contribution in [0.3, 0.4) is 0 Å². The van der Waals surface area contributed by atoms with Crippen LogP contribution in [-0.2, 0) is 11.3 Å². The molecule has 0 atom stereocenters. The van der Waals surface area contributed by atoms with E-state index in [9.17, 15) is 4.79 Å². The van der Waals surface area contributed by atoms with Gasteiger partial charge in [0.05, 0.1) is 25.9 Å². The highest BCUT2D eigenvalue weighted by molar-refractivity contribution is 5.96. The molecule has 1 amide bonds. The largest absolute Gasteiger partial charge is 0.493 e. The maximum Gasteiger partial charge on any atom is 0.255 e. The van der Waals surface area contributed by atoms with Crippen molar-refractivity contribution >= 4 is 5.91 Å². The predicted molar refractivity (Wildman–Crippen MR) is 113 cm³/mol. The van der Waals surface area contributed by atoms with Crippen LogP contribution in [0.2, 0.25) is 0 Å². The Morgan fingerprint density at radius 2 is 1.72 bits per heavy atom. The van der Waals surface area contributed by atoms with Crippen LogP contribution in [0.5, 0.6) is 17.2 Å². The molecule has 6 nitrogen and oxygen atoms in total. The van der Waals surface area contributed by atoms with Crippen LogP contribution in [0.25, 0.3) is 0 Å². The summed E-state index contributed by atoms with van der Waals surface area (Å²) >= 11 is 0. The molecule has 0 aliphatic carbocycles. The Bertz CT molecular complexity index is 763. The third-order valence-electron chi connectivity index (χ3n) is 4.26. The zero-order chi connectivity index (χ0) is 20.9. The van der Waals surface area contributed by atoms with Crippen molar-refractivity contribution in [3.63, 3.8) is 0 Å². The van der Waals surface area contributed by atoms with Crippen LogP contribution in [0.4, 0.5) is 0 Å². The van der Waals surface area contributed by atoms with Gasteiger partial charge in [-0.15, -0.1) is 0 Å². The summed E-state index contributed by atoms with van der Waals surface area (Å²) in [5.41, 5.74) is 1.42. The molecule has 0 saturated carbocycles. The second kappa shape index (κ2) is 12.7. The third-order valence-corrected chi connectivity index (χ3v) is 4.26. The van der Waals surface area contributed by atoms with Crippen molar-refractivity contribution in [3.8, 4) is 17.2 Å². The molecule has 0 fully saturated rings. The summed E-state index contributed by atoms with van der Waals surface area (Å²) in [6, 6.07) is 12.9. The summed E-state index contributed by atoms with van der Waals surface area (Å²) in [7, 11) is 1.61. The zero-order valence-electron chi connectivity index (χ0n) is 17.5. The molecule has 1 N–H and O–H groups in total. The van der Waals surface area contributed by atoms with Gasteiger partial charge in [-0.1, -0.05) is 31.5 Å². The van der Waals surface area contributed by atoms with Crippen molar-refractivity contribution < 1.29 is 23.7 Å². The molecule has 0 heterocycles. The van der Waals surface area contributed by atoms with Gasteiger partial charge in [-0.05, 0) is 43.2 Å². The SMILES string of the molecule is CCCCOc1ccc(CNC(=O)c2ccccc2OCCOCC)cc1OC. The Labute approximate surface area is 173 Å². The van der Waals surface area contributed by atoms with E-state index in [0.717, 1.165) is 18.4 Å². The molecule has 0 bridgehead atoms. The average molecular weight is 402 g/mol. The lowest BCUT2D eigenvalue weighted by Gasteiger charge is -2.14. The molecule has 29 heavy (non-hydrogen) atoms. The van der Waals surface area contributed by atoms with Gasteiger partial charge in [0, 0.05) is 13.2 Å². The van der Waals surface area contributed by atoms with Crippen molar-refractivity contribution in [3.05, 3.63) is 53.6 Å². The fraction of sp³-hybridized carbons (Fsp3) is 0.435. The number of methoxy groups -OCH3 is 1. The number of benzene rings is 2. The lowest BCUT2D eigenvalue weighted by atomic mass is 10.1. The molecule has 0 aliphatic heterocycles. The highest BCUT2D eigenvalue weighted by Crippen LogP contribution is 2.28. The van der Waals surface area contributed by atoms with Crippen LogP contribution < -0.4 is 19.5 Å². The van der Waals surface area contributed by atoms with Gasteiger partial charge in [0.25, 0.3) is 5.91 Å². The van der Waals surface area contributed by atoms with Gasteiger partial charge in [-0.3, -0.25) is 4.79 Å². The van der Waals surface area contributed by atoms with E-state index in [2.05, 4.69) is 12.2 Å². The Kier molecular flexibility index (Phi) is 9.86. The number of amides is 1. The van der Waals surface area contributed by atoms with Crippen LogP contribution >= 0.6 is 0 Å². The Hall–Kier alpha value is -2.73. The third kappa shape index (κ3) is 7.31. The van der Waals surface area contributed by atoms with E-state index in [1.165, 1.54) is 0 Å². The summed E-state index contributed by atoms with van der Waals surface area (Å²) in [5.74, 6) is 1.72. The molecule has 0 saturated heterocycles. The number of rotatable bonds is 13. The van der Waals surface area contributed by atoms with Gasteiger partial charge in [-0.2, -0.15) is 0 Å². The van der Waals surface area contributed by atoms with E-state index >= 15 is 0 Å². The second-order valence-corrected chi connectivity index (χ2v) is 6.41. The van der Waals surface area contributed by atoms with E-state index in [1.54, 1.807) is 19.2 Å². The number of unbranched alkanes of at least 4 members (excludes halogenated alkanes) is 1. The lowest BCUT2D eigenvalue weighted by molar-refractivity contribution is 0.0934. The van der Waals surface area contributed by atoms with Gasteiger partial charge < -0.3 is 24.3 Å². The summed E-state index contributed by atoms with van der Waals surface area (Å²) in [6.45, 7) is 6.60. The number of carbonyl (C=O) groups excluding carboxylic acids is 1. The van der Waals surface area contributed by atoms with E-state index in [-0.39, 0.29) is 5.91 Å². The van der Waals surface area contributed by atoms with Gasteiger partial charge in [-0.25, -0.2) is 0 Å². The maximum atomic E-state index is 12.6. The molecule has 0 aliphatic rings. The van der Waals surface area contributed by atoms with E-state index < -0.39 is 0 Å². The Balaban J connectivity index is 1.96. The summed E-state index contributed by atoms with van der Waals surface area (Å²) in [5, 5.41) is 2.93. The molecule has 2 aromatic rings. The minimum Gasteiger partial charge on any atom is -0.493 e. The lowest BCUT2D eigenvalue weighted by Crippen LogP contribution is -2.23. The average Bonchev–Trinajstić information content (AvgIpc) is 2.76. The highest BCUT2D eigenvalue weighted by Gasteiger charge is 2.13. The minimum atomic E-state index is -0.195. The van der Waals surface area contributed by atoms with Crippen molar-refractivity contribution in [2.75, 3.05) is 33.5 Å². The molecular formula is C23H31NO5. The van der Waals surface area contributed by atoms with Gasteiger partial charge in [0.1, 0.15) is 12.4 Å². The molecule has 158 valence electrons. The van der Waals surface area contributed by atoms with Crippen molar-refractivity contribution in [1.29, 1.82) is 0 Å². The first kappa shape index (κ1) is 22.6. The van der Waals surface area contributed by atoms with Crippen LogP contribution in [0.1, 0.15) is 42.6 Å². The van der Waals surface area contributed by atoms with Crippen LogP contribution in [0, 0.1) is 0 Å². The number of hydrogen-bond donors (Lipinski definition) is 1. The molecule has 0 unspecified atom stereocenters. The second-order valence-electron chi connectivity index (χ2n) is 6.41. The molecule has 2 aromatic carbocycles. The molecule has 0 spiro atoms. The molecule has 2 rings (SSSR count). The van der Waals surface area contributed by atoms with Crippen LogP contribution in [-0.4, -0.2) is 39.4 Å². The normalized spacial score (nSPS) is 10.4. The Morgan fingerprint density at radius 3 is 2.48 bits per heavy atom. The fourth-order valence-electron chi connectivity index (χ4n) is 2.68. The number of carbonyl (C=O) groups is 1. The summed E-state index contributed by atoms with van der Waals surface area (Å²) < 4.78 is 22.1. The highest BCUT2D eigenvalue weighted by atomic mass is 16.5. The zero-order valence-corrected chi connectivity index (χ0v) is 17.5. The predicted octanol–water partition coefficient (Wildman–Crippen LogP) is 4.22. The van der Waals surface area contributed by atoms with Gasteiger partial charge in [0.2, 0.25) is 0 Å². The van der Waals surface area contributed by atoms with Crippen molar-refractivity contribution in [2.24, 2.45) is 0 Å². The molecular weight excluding hydrogens is 370 g/mol. The first-order valence-corrected chi connectivity index (χ1v) is 10.1. The number of para-hydroxylation sites is 1. The smallest absolute Gasteiger partial charge is 0.255 e.